The molecule has 0 bridgehead atoms. The quantitative estimate of drug-likeness (QED) is 0.641. The molecule has 2 aliphatic rings. The molecule has 0 saturated carbocycles. The van der Waals surface area contributed by atoms with Crippen LogP contribution in [0.15, 0.2) is 44.2 Å². The second-order valence-corrected chi connectivity index (χ2v) is 8.08. The van der Waals surface area contributed by atoms with Crippen LogP contribution >= 0.6 is 0 Å². The van der Waals surface area contributed by atoms with Crippen molar-refractivity contribution >= 4 is 0 Å². The van der Waals surface area contributed by atoms with E-state index in [1.807, 2.05) is 0 Å². The van der Waals surface area contributed by atoms with Gasteiger partial charge in [-0.2, -0.15) is 0 Å². The summed E-state index contributed by atoms with van der Waals surface area (Å²) >= 11 is -1.00. The molecule has 0 saturated heterocycles. The zero-order chi connectivity index (χ0) is 9.10. The number of hydrogen-bond acceptors (Lipinski definition) is 0. The minimum atomic E-state index is -1.00. The van der Waals surface area contributed by atoms with Gasteiger partial charge in [-0.1, -0.05) is 0 Å². The average molecular weight is 243 g/mol. The van der Waals surface area contributed by atoms with Gasteiger partial charge in [0.05, 0.1) is 0 Å². The third-order valence-corrected chi connectivity index (χ3v) is 7.35. The van der Waals surface area contributed by atoms with Crippen LogP contribution in [0, 0.1) is 0 Å². The van der Waals surface area contributed by atoms with Gasteiger partial charge in [-0.25, -0.2) is 0 Å². The average Bonchev–Trinajstić information content (AvgIpc) is 2.76. The Bertz CT molecular complexity index is 280. The SMILES string of the molecule is C[CH2][Ti+]([C]1=CC=CC1)[C]1=CC=CC1.[Cl-]. The van der Waals surface area contributed by atoms with E-state index in [2.05, 4.69) is 43.4 Å². The molecule has 0 fully saturated rings. The monoisotopic (exact) mass is 242 g/mol. The second-order valence-electron chi connectivity index (χ2n) is 3.48. The van der Waals surface area contributed by atoms with Gasteiger partial charge in [-0.3, -0.25) is 0 Å². The van der Waals surface area contributed by atoms with Crippen LogP contribution in [0.5, 0.6) is 0 Å². The van der Waals surface area contributed by atoms with E-state index in [0.717, 1.165) is 0 Å². The Labute approximate surface area is 98.7 Å². The molecular weight excluding hydrogens is 227 g/mol. The molecule has 0 aromatic heterocycles. The van der Waals surface area contributed by atoms with Gasteiger partial charge >= 0.3 is 86.6 Å². The molecule has 0 aromatic carbocycles. The van der Waals surface area contributed by atoms with Crippen LogP contribution in [-0.4, -0.2) is 0 Å². The van der Waals surface area contributed by atoms with Crippen molar-refractivity contribution in [2.45, 2.75) is 24.5 Å². The normalized spacial score (nSPS) is 17.8. The first-order valence-corrected chi connectivity index (χ1v) is 7.66. The number of halogens is 1. The first kappa shape index (κ1) is 12.0. The third-order valence-electron chi connectivity index (χ3n) is 2.67. The van der Waals surface area contributed by atoms with E-state index < -0.39 is 17.9 Å². The summed E-state index contributed by atoms with van der Waals surface area (Å²) < 4.78 is 4.93. The van der Waals surface area contributed by atoms with Crippen molar-refractivity contribution in [3.8, 4) is 0 Å². The molecule has 0 unspecified atom stereocenters. The van der Waals surface area contributed by atoms with E-state index in [9.17, 15) is 0 Å². The molecule has 0 N–H and O–H groups in total. The smallest absolute Gasteiger partial charge is 1.00 e. The topological polar surface area (TPSA) is 0 Å². The van der Waals surface area contributed by atoms with Crippen LogP contribution in [0.3, 0.4) is 0 Å². The van der Waals surface area contributed by atoms with Crippen molar-refractivity contribution in [1.29, 1.82) is 0 Å². The maximum Gasteiger partial charge on any atom is -1.00 e. The van der Waals surface area contributed by atoms with Gasteiger partial charge < -0.3 is 12.4 Å². The number of allylic oxidation sites excluding steroid dienone is 8. The van der Waals surface area contributed by atoms with E-state index in [0.29, 0.717) is 0 Å². The Morgan fingerprint density at radius 1 is 1.07 bits per heavy atom. The summed E-state index contributed by atoms with van der Waals surface area (Å²) in [6.07, 6.45) is 16.2. The van der Waals surface area contributed by atoms with Crippen molar-refractivity contribution in [2.24, 2.45) is 0 Å². The fourth-order valence-electron chi connectivity index (χ4n) is 2.00. The minimum absolute atomic E-state index is 0. The summed E-state index contributed by atoms with van der Waals surface area (Å²) in [5, 5.41) is 0. The van der Waals surface area contributed by atoms with E-state index in [4.69, 9.17) is 0 Å². The molecule has 74 valence electrons. The Kier molecular flexibility index (Phi) is 4.94. The molecule has 0 nitrogen and oxygen atoms in total. The standard InChI is InChI=1S/2C5H5.C2H5.ClH.Ti/c2*1-2-4-5-3-1;1-2;;/h2*1-3H,4H2;1H2,2H3;1H;/q;;;;+1/p-1. The molecule has 14 heavy (non-hydrogen) atoms. The van der Waals surface area contributed by atoms with Gasteiger partial charge in [0.25, 0.3) is 0 Å². The number of hydrogen-bond donors (Lipinski definition) is 0. The van der Waals surface area contributed by atoms with Crippen molar-refractivity contribution in [3.05, 3.63) is 44.2 Å². The fourth-order valence-corrected chi connectivity index (χ4v) is 6.13. The van der Waals surface area contributed by atoms with Crippen molar-refractivity contribution < 1.29 is 30.3 Å². The molecule has 0 heterocycles. The zero-order valence-corrected chi connectivity index (χ0v) is 10.8. The van der Waals surface area contributed by atoms with Crippen molar-refractivity contribution in [1.82, 2.24) is 0 Å². The molecule has 0 atom stereocenters. The van der Waals surface area contributed by atoms with Gasteiger partial charge in [-0.15, -0.1) is 0 Å². The van der Waals surface area contributed by atoms with Gasteiger partial charge in [-0.05, 0) is 0 Å². The largest absolute Gasteiger partial charge is 1.00 e. The molecule has 2 aliphatic carbocycles. The Balaban J connectivity index is 0.000000980. The van der Waals surface area contributed by atoms with Crippen LogP contribution in [0.4, 0.5) is 0 Å². The molecule has 2 heteroatoms. The molecular formula is C12H15ClTi. The summed E-state index contributed by atoms with van der Waals surface area (Å²) in [7, 11) is 0. The van der Waals surface area contributed by atoms with Crippen LogP contribution in [0.2, 0.25) is 4.73 Å². The molecule has 0 amide bonds. The molecule has 0 aliphatic heterocycles. The van der Waals surface area contributed by atoms with Gasteiger partial charge in [0.15, 0.2) is 0 Å². The maximum atomic E-state index is 2.36. The Hall–Kier alpha value is -0.0357. The van der Waals surface area contributed by atoms with Gasteiger partial charge in [0.1, 0.15) is 0 Å². The summed E-state index contributed by atoms with van der Waals surface area (Å²) in [5.74, 6) is 0. The molecule has 0 spiro atoms. The summed E-state index contributed by atoms with van der Waals surface area (Å²) in [5.41, 5.74) is 0. The van der Waals surface area contributed by atoms with E-state index in [1.165, 1.54) is 17.6 Å². The van der Waals surface area contributed by atoms with Crippen LogP contribution < -0.4 is 12.4 Å². The van der Waals surface area contributed by atoms with Crippen LogP contribution in [0.25, 0.3) is 0 Å². The van der Waals surface area contributed by atoms with Crippen molar-refractivity contribution in [2.75, 3.05) is 0 Å². The van der Waals surface area contributed by atoms with Gasteiger partial charge in [0.2, 0.25) is 0 Å². The van der Waals surface area contributed by atoms with Gasteiger partial charge in [0, 0.05) is 0 Å². The fraction of sp³-hybridized carbons (Fsp3) is 0.333. The van der Waals surface area contributed by atoms with Crippen LogP contribution in [0.1, 0.15) is 19.8 Å². The summed E-state index contributed by atoms with van der Waals surface area (Å²) in [6.45, 7) is 2.35. The summed E-state index contributed by atoms with van der Waals surface area (Å²) in [6, 6.07) is 0. The first-order valence-electron chi connectivity index (χ1n) is 4.99. The maximum absolute atomic E-state index is 2.36. The molecule has 0 radical (unpaired) electrons. The third kappa shape index (κ3) is 2.50. The molecule has 2 rings (SSSR count). The van der Waals surface area contributed by atoms with Crippen molar-refractivity contribution in [3.63, 3.8) is 0 Å². The molecule has 0 aromatic rings. The second kappa shape index (κ2) is 5.75. The predicted molar refractivity (Wildman–Crippen MR) is 54.2 cm³/mol. The van der Waals surface area contributed by atoms with Crippen LogP contribution in [-0.2, 0) is 17.9 Å². The van der Waals surface area contributed by atoms with E-state index >= 15 is 0 Å². The minimum Gasteiger partial charge on any atom is -1.00 e. The first-order chi connectivity index (χ1) is 6.42. The van der Waals surface area contributed by atoms with E-state index in [1.54, 1.807) is 7.76 Å². The summed E-state index contributed by atoms with van der Waals surface area (Å²) in [4.78, 5) is 0. The zero-order valence-electron chi connectivity index (χ0n) is 8.46. The Morgan fingerprint density at radius 3 is 1.86 bits per heavy atom. The number of rotatable bonds is 3. The predicted octanol–water partition coefficient (Wildman–Crippen LogP) is 0.734. The van der Waals surface area contributed by atoms with E-state index in [-0.39, 0.29) is 12.4 Å². The Morgan fingerprint density at radius 2 is 1.57 bits per heavy atom.